The number of nitrogens with zero attached hydrogens (tertiary/aromatic N) is 1. The fourth-order valence-electron chi connectivity index (χ4n) is 4.03. The molecule has 0 bridgehead atoms. The van der Waals surface area contributed by atoms with Crippen molar-refractivity contribution in [3.8, 4) is 0 Å². The van der Waals surface area contributed by atoms with Crippen LogP contribution in [0.1, 0.15) is 58.8 Å². The fourth-order valence-corrected chi connectivity index (χ4v) is 4.03. The predicted octanol–water partition coefficient (Wildman–Crippen LogP) is 3.52. The molecule has 1 N–H and O–H groups in total. The highest BCUT2D eigenvalue weighted by atomic mass is 15.1. The SMILES string of the molecule is CC1CCCC(CCNC(C)C2CCN(C)CC2)C1. The Labute approximate surface area is 120 Å². The zero-order chi connectivity index (χ0) is 13.7. The summed E-state index contributed by atoms with van der Waals surface area (Å²) in [5.74, 6) is 2.88. The van der Waals surface area contributed by atoms with E-state index in [0.717, 1.165) is 23.8 Å². The molecule has 0 spiro atoms. The van der Waals surface area contributed by atoms with Crippen LogP contribution in [0.3, 0.4) is 0 Å². The summed E-state index contributed by atoms with van der Waals surface area (Å²) in [6.07, 6.45) is 10.1. The number of likely N-dealkylation sites (tertiary alicyclic amines) is 1. The zero-order valence-electron chi connectivity index (χ0n) is 13.3. The lowest BCUT2D eigenvalue weighted by Gasteiger charge is -2.33. The van der Waals surface area contributed by atoms with Gasteiger partial charge in [-0.3, -0.25) is 0 Å². The molecule has 1 aliphatic carbocycles. The van der Waals surface area contributed by atoms with Gasteiger partial charge in [0.1, 0.15) is 0 Å². The van der Waals surface area contributed by atoms with Crippen molar-refractivity contribution in [2.24, 2.45) is 17.8 Å². The second-order valence-corrected chi connectivity index (χ2v) is 7.31. The zero-order valence-corrected chi connectivity index (χ0v) is 13.3. The van der Waals surface area contributed by atoms with Crippen LogP contribution in [-0.4, -0.2) is 37.6 Å². The monoisotopic (exact) mass is 266 g/mol. The Hall–Kier alpha value is -0.0800. The van der Waals surface area contributed by atoms with Gasteiger partial charge in [-0.1, -0.05) is 26.2 Å². The maximum atomic E-state index is 3.81. The molecule has 112 valence electrons. The molecular formula is C17H34N2. The van der Waals surface area contributed by atoms with Gasteiger partial charge in [-0.05, 0) is 77.0 Å². The second-order valence-electron chi connectivity index (χ2n) is 7.31. The Morgan fingerprint density at radius 2 is 1.89 bits per heavy atom. The first kappa shape index (κ1) is 15.3. The third kappa shape index (κ3) is 5.07. The molecule has 1 heterocycles. The van der Waals surface area contributed by atoms with Crippen LogP contribution in [0.25, 0.3) is 0 Å². The van der Waals surface area contributed by atoms with Gasteiger partial charge in [0, 0.05) is 6.04 Å². The standard InChI is InChI=1S/C17H34N2/c1-14-5-4-6-16(13-14)7-10-18-15(2)17-8-11-19(3)12-9-17/h14-18H,4-13H2,1-3H3. The number of nitrogens with one attached hydrogen (secondary N) is 1. The van der Waals surface area contributed by atoms with Crippen LogP contribution in [0.2, 0.25) is 0 Å². The molecule has 0 aromatic heterocycles. The molecule has 2 aliphatic rings. The van der Waals surface area contributed by atoms with Gasteiger partial charge in [0.25, 0.3) is 0 Å². The molecule has 2 rings (SSSR count). The first-order valence-corrected chi connectivity index (χ1v) is 8.57. The Morgan fingerprint density at radius 3 is 2.58 bits per heavy atom. The predicted molar refractivity (Wildman–Crippen MR) is 83.4 cm³/mol. The highest BCUT2D eigenvalue weighted by molar-refractivity contribution is 4.79. The summed E-state index contributed by atoms with van der Waals surface area (Å²) in [5, 5.41) is 3.81. The van der Waals surface area contributed by atoms with Crippen molar-refractivity contribution in [1.82, 2.24) is 10.2 Å². The summed E-state index contributed by atoms with van der Waals surface area (Å²) in [6, 6.07) is 0.717. The van der Waals surface area contributed by atoms with E-state index < -0.39 is 0 Å². The highest BCUT2D eigenvalue weighted by Crippen LogP contribution is 2.30. The van der Waals surface area contributed by atoms with E-state index in [1.807, 2.05) is 0 Å². The Kier molecular flexibility index (Phi) is 6.15. The normalized spacial score (nSPS) is 32.4. The molecule has 3 atom stereocenters. The van der Waals surface area contributed by atoms with E-state index in [-0.39, 0.29) is 0 Å². The van der Waals surface area contributed by atoms with Crippen molar-refractivity contribution in [2.75, 3.05) is 26.7 Å². The summed E-state index contributed by atoms with van der Waals surface area (Å²) in [4.78, 5) is 2.46. The molecule has 0 aromatic carbocycles. The third-order valence-electron chi connectivity index (χ3n) is 5.53. The minimum Gasteiger partial charge on any atom is -0.314 e. The van der Waals surface area contributed by atoms with Gasteiger partial charge in [0.15, 0.2) is 0 Å². The van der Waals surface area contributed by atoms with Crippen LogP contribution in [0.5, 0.6) is 0 Å². The van der Waals surface area contributed by atoms with Gasteiger partial charge < -0.3 is 10.2 Å². The lowest BCUT2D eigenvalue weighted by atomic mass is 9.81. The maximum Gasteiger partial charge on any atom is 0.00679 e. The lowest BCUT2D eigenvalue weighted by Crippen LogP contribution is -2.41. The molecule has 3 unspecified atom stereocenters. The summed E-state index contributed by atoms with van der Waals surface area (Å²) in [6.45, 7) is 8.65. The van der Waals surface area contributed by atoms with Crippen molar-refractivity contribution >= 4 is 0 Å². The topological polar surface area (TPSA) is 15.3 Å². The largest absolute Gasteiger partial charge is 0.314 e. The van der Waals surface area contributed by atoms with E-state index in [1.165, 1.54) is 64.6 Å². The molecule has 0 amide bonds. The lowest BCUT2D eigenvalue weighted by molar-refractivity contribution is 0.187. The van der Waals surface area contributed by atoms with Gasteiger partial charge in [0.05, 0.1) is 0 Å². The number of piperidine rings is 1. The van der Waals surface area contributed by atoms with Gasteiger partial charge in [-0.15, -0.1) is 0 Å². The number of hydrogen-bond acceptors (Lipinski definition) is 2. The molecule has 1 saturated carbocycles. The molecule has 19 heavy (non-hydrogen) atoms. The van der Waals surface area contributed by atoms with E-state index in [2.05, 4.69) is 31.1 Å². The Morgan fingerprint density at radius 1 is 1.16 bits per heavy atom. The van der Waals surface area contributed by atoms with Crippen molar-refractivity contribution in [2.45, 2.75) is 64.8 Å². The van der Waals surface area contributed by atoms with Gasteiger partial charge >= 0.3 is 0 Å². The molecular weight excluding hydrogens is 232 g/mol. The van der Waals surface area contributed by atoms with Crippen molar-refractivity contribution in [1.29, 1.82) is 0 Å². The second kappa shape index (κ2) is 7.64. The maximum absolute atomic E-state index is 3.81. The van der Waals surface area contributed by atoms with Crippen LogP contribution in [-0.2, 0) is 0 Å². The molecule has 1 saturated heterocycles. The van der Waals surface area contributed by atoms with Crippen molar-refractivity contribution < 1.29 is 0 Å². The molecule has 0 aromatic rings. The molecule has 0 radical (unpaired) electrons. The quantitative estimate of drug-likeness (QED) is 0.819. The minimum atomic E-state index is 0.717. The Balaban J connectivity index is 1.59. The van der Waals surface area contributed by atoms with E-state index in [0.29, 0.717) is 0 Å². The molecule has 2 nitrogen and oxygen atoms in total. The van der Waals surface area contributed by atoms with Gasteiger partial charge in [0.2, 0.25) is 0 Å². The van der Waals surface area contributed by atoms with E-state index in [4.69, 9.17) is 0 Å². The average Bonchev–Trinajstić information content (AvgIpc) is 2.39. The van der Waals surface area contributed by atoms with Crippen LogP contribution in [0.15, 0.2) is 0 Å². The molecule has 1 aliphatic heterocycles. The summed E-state index contributed by atoms with van der Waals surface area (Å²) in [5.41, 5.74) is 0. The minimum absolute atomic E-state index is 0.717. The summed E-state index contributed by atoms with van der Waals surface area (Å²) >= 11 is 0. The smallest absolute Gasteiger partial charge is 0.00679 e. The molecule has 2 heteroatoms. The first-order chi connectivity index (χ1) is 9.15. The van der Waals surface area contributed by atoms with Crippen molar-refractivity contribution in [3.05, 3.63) is 0 Å². The van der Waals surface area contributed by atoms with Crippen LogP contribution >= 0.6 is 0 Å². The third-order valence-corrected chi connectivity index (χ3v) is 5.53. The Bertz CT molecular complexity index is 246. The molecule has 2 fully saturated rings. The number of hydrogen-bond donors (Lipinski definition) is 1. The van der Waals surface area contributed by atoms with E-state index in [9.17, 15) is 0 Å². The van der Waals surface area contributed by atoms with Crippen LogP contribution < -0.4 is 5.32 Å². The first-order valence-electron chi connectivity index (χ1n) is 8.57. The summed E-state index contributed by atoms with van der Waals surface area (Å²) in [7, 11) is 2.25. The fraction of sp³-hybridized carbons (Fsp3) is 1.00. The average molecular weight is 266 g/mol. The highest BCUT2D eigenvalue weighted by Gasteiger charge is 2.23. The van der Waals surface area contributed by atoms with Crippen LogP contribution in [0.4, 0.5) is 0 Å². The number of rotatable bonds is 5. The van der Waals surface area contributed by atoms with Crippen LogP contribution in [0, 0.1) is 17.8 Å². The van der Waals surface area contributed by atoms with Gasteiger partial charge in [-0.25, -0.2) is 0 Å². The van der Waals surface area contributed by atoms with Gasteiger partial charge in [-0.2, -0.15) is 0 Å². The van der Waals surface area contributed by atoms with Crippen molar-refractivity contribution in [3.63, 3.8) is 0 Å². The van der Waals surface area contributed by atoms with E-state index >= 15 is 0 Å². The summed E-state index contributed by atoms with van der Waals surface area (Å²) < 4.78 is 0. The van der Waals surface area contributed by atoms with E-state index in [1.54, 1.807) is 0 Å².